The van der Waals surface area contributed by atoms with Crippen molar-refractivity contribution < 1.29 is 17.5 Å². The quantitative estimate of drug-likeness (QED) is 0.815. The van der Waals surface area contributed by atoms with Crippen LogP contribution in [0.15, 0.2) is 24.3 Å². The molecule has 0 aromatic heterocycles. The van der Waals surface area contributed by atoms with Crippen LogP contribution in [-0.4, -0.2) is 62.7 Å². The number of halogens is 1. The predicted molar refractivity (Wildman–Crippen MR) is 86.4 cm³/mol. The summed E-state index contributed by atoms with van der Waals surface area (Å²) >= 11 is 0. The van der Waals surface area contributed by atoms with Gasteiger partial charge in [0.25, 0.3) is 0 Å². The van der Waals surface area contributed by atoms with Crippen molar-refractivity contribution in [2.24, 2.45) is 5.92 Å². The molecule has 0 aliphatic carbocycles. The van der Waals surface area contributed by atoms with Gasteiger partial charge in [-0.05, 0) is 43.0 Å². The smallest absolute Gasteiger partial charge is 0.211 e. The molecule has 4 rings (SSSR count). The molecule has 23 heavy (non-hydrogen) atoms. The van der Waals surface area contributed by atoms with E-state index in [9.17, 15) is 12.8 Å². The van der Waals surface area contributed by atoms with E-state index < -0.39 is 10.0 Å². The van der Waals surface area contributed by atoms with Crippen LogP contribution in [0.4, 0.5) is 4.39 Å². The van der Waals surface area contributed by atoms with Gasteiger partial charge in [-0.3, -0.25) is 4.90 Å². The molecule has 2 bridgehead atoms. The molecule has 3 aliphatic heterocycles. The first-order valence-corrected chi connectivity index (χ1v) is 9.84. The van der Waals surface area contributed by atoms with Gasteiger partial charge in [0, 0.05) is 32.2 Å². The lowest BCUT2D eigenvalue weighted by atomic mass is 9.95. The Morgan fingerprint density at radius 3 is 2.61 bits per heavy atom. The summed E-state index contributed by atoms with van der Waals surface area (Å²) in [6, 6.07) is 6.27. The monoisotopic (exact) mass is 342 g/mol. The second-order valence-corrected chi connectivity index (χ2v) is 8.46. The SMILES string of the molecule is CS(=O)(=O)N1C[C@@H]2CC[C@H](C1)N(CCOc1ccc(F)cc1)C2. The van der Waals surface area contributed by atoms with Crippen LogP contribution < -0.4 is 4.74 Å². The van der Waals surface area contributed by atoms with Crippen LogP contribution in [0.3, 0.4) is 0 Å². The first-order valence-electron chi connectivity index (χ1n) is 7.99. The van der Waals surface area contributed by atoms with Gasteiger partial charge >= 0.3 is 0 Å². The first kappa shape index (κ1) is 16.7. The van der Waals surface area contributed by atoms with Crippen LogP contribution in [0.25, 0.3) is 0 Å². The van der Waals surface area contributed by atoms with Gasteiger partial charge in [0.1, 0.15) is 18.2 Å². The van der Waals surface area contributed by atoms with Crippen LogP contribution in [0.5, 0.6) is 5.75 Å². The van der Waals surface area contributed by atoms with Gasteiger partial charge in [0.15, 0.2) is 0 Å². The molecule has 0 radical (unpaired) electrons. The second kappa shape index (κ2) is 6.75. The van der Waals surface area contributed by atoms with E-state index in [1.807, 2.05) is 0 Å². The standard InChI is InChI=1S/C16H23FN2O3S/c1-23(20,21)19-11-13-2-5-15(12-19)18(10-13)8-9-22-16-6-3-14(17)4-7-16/h3-4,6-7,13,15H,2,5,8-12H2,1H3/t13-,15-/m1/s1. The van der Waals surface area contributed by atoms with E-state index in [0.717, 1.165) is 25.9 Å². The van der Waals surface area contributed by atoms with E-state index in [4.69, 9.17) is 4.74 Å². The van der Waals surface area contributed by atoms with Crippen molar-refractivity contribution >= 4 is 10.0 Å². The third-order valence-electron chi connectivity index (χ3n) is 4.72. The Kier molecular flexibility index (Phi) is 4.89. The van der Waals surface area contributed by atoms with E-state index in [-0.39, 0.29) is 11.9 Å². The lowest BCUT2D eigenvalue weighted by Crippen LogP contribution is -2.46. The van der Waals surface area contributed by atoms with Crippen LogP contribution in [0, 0.1) is 11.7 Å². The van der Waals surface area contributed by atoms with Crippen molar-refractivity contribution in [1.29, 1.82) is 0 Å². The minimum Gasteiger partial charge on any atom is -0.492 e. The van der Waals surface area contributed by atoms with E-state index in [1.54, 1.807) is 16.4 Å². The lowest BCUT2D eigenvalue weighted by molar-refractivity contribution is 0.111. The Bertz CT molecular complexity index is 635. The van der Waals surface area contributed by atoms with Gasteiger partial charge in [-0.2, -0.15) is 0 Å². The molecule has 1 aromatic rings. The summed E-state index contributed by atoms with van der Waals surface area (Å²) < 4.78 is 43.8. The predicted octanol–water partition coefficient (Wildman–Crippen LogP) is 1.56. The van der Waals surface area contributed by atoms with Crippen molar-refractivity contribution in [3.05, 3.63) is 30.1 Å². The topological polar surface area (TPSA) is 49.9 Å². The van der Waals surface area contributed by atoms with E-state index in [0.29, 0.717) is 31.4 Å². The van der Waals surface area contributed by atoms with Crippen molar-refractivity contribution in [2.75, 3.05) is 39.0 Å². The fraction of sp³-hybridized carbons (Fsp3) is 0.625. The molecule has 0 saturated carbocycles. The maximum atomic E-state index is 12.9. The zero-order chi connectivity index (χ0) is 16.4. The molecule has 3 fully saturated rings. The molecule has 2 atom stereocenters. The lowest BCUT2D eigenvalue weighted by Gasteiger charge is -2.35. The number of hydrogen-bond acceptors (Lipinski definition) is 4. The highest BCUT2D eigenvalue weighted by atomic mass is 32.2. The van der Waals surface area contributed by atoms with Crippen LogP contribution in [0.2, 0.25) is 0 Å². The van der Waals surface area contributed by atoms with Gasteiger partial charge < -0.3 is 4.74 Å². The molecule has 3 saturated heterocycles. The van der Waals surface area contributed by atoms with E-state index >= 15 is 0 Å². The largest absolute Gasteiger partial charge is 0.492 e. The zero-order valence-corrected chi connectivity index (χ0v) is 14.1. The van der Waals surface area contributed by atoms with E-state index in [1.165, 1.54) is 18.4 Å². The minimum atomic E-state index is -3.13. The number of fused-ring (bicyclic) bond motifs is 4. The van der Waals surface area contributed by atoms with Crippen molar-refractivity contribution in [3.8, 4) is 5.75 Å². The molecule has 3 heterocycles. The summed E-state index contributed by atoms with van der Waals surface area (Å²) in [5, 5.41) is 0. The van der Waals surface area contributed by atoms with Gasteiger partial charge in [0.2, 0.25) is 10.0 Å². The summed E-state index contributed by atoms with van der Waals surface area (Å²) in [4.78, 5) is 2.34. The van der Waals surface area contributed by atoms with Gasteiger partial charge in [-0.15, -0.1) is 0 Å². The first-order chi connectivity index (χ1) is 10.9. The van der Waals surface area contributed by atoms with Gasteiger partial charge in [-0.1, -0.05) is 0 Å². The van der Waals surface area contributed by atoms with Crippen molar-refractivity contribution in [1.82, 2.24) is 9.21 Å². The Morgan fingerprint density at radius 1 is 1.17 bits per heavy atom. The molecule has 3 aliphatic rings. The maximum Gasteiger partial charge on any atom is 0.211 e. The van der Waals surface area contributed by atoms with Crippen molar-refractivity contribution in [2.45, 2.75) is 18.9 Å². The summed E-state index contributed by atoms with van der Waals surface area (Å²) in [6.07, 6.45) is 3.42. The zero-order valence-electron chi connectivity index (χ0n) is 13.3. The summed E-state index contributed by atoms with van der Waals surface area (Å²) in [5.41, 5.74) is 0. The molecule has 1 aromatic carbocycles. The number of nitrogens with zero attached hydrogens (tertiary/aromatic N) is 2. The molecule has 0 amide bonds. The van der Waals surface area contributed by atoms with Crippen molar-refractivity contribution in [3.63, 3.8) is 0 Å². The molecular formula is C16H23FN2O3S. The number of ether oxygens (including phenoxy) is 1. The molecule has 5 nitrogen and oxygen atoms in total. The average Bonchev–Trinajstić information content (AvgIpc) is 2.81. The highest BCUT2D eigenvalue weighted by Crippen LogP contribution is 2.28. The third-order valence-corrected chi connectivity index (χ3v) is 5.96. The number of sulfonamides is 1. The fourth-order valence-corrected chi connectivity index (χ4v) is 4.42. The average molecular weight is 342 g/mol. The summed E-state index contributed by atoms with van der Waals surface area (Å²) in [6.45, 7) is 3.41. The van der Waals surface area contributed by atoms with Crippen LogP contribution in [-0.2, 0) is 10.0 Å². The van der Waals surface area contributed by atoms with E-state index in [2.05, 4.69) is 4.90 Å². The van der Waals surface area contributed by atoms with Crippen LogP contribution >= 0.6 is 0 Å². The Hall–Kier alpha value is -1.18. The normalized spacial score (nSPS) is 26.2. The molecule has 7 heteroatoms. The molecule has 0 N–H and O–H groups in total. The number of piperidine rings is 1. The van der Waals surface area contributed by atoms with Gasteiger partial charge in [-0.25, -0.2) is 17.1 Å². The number of rotatable bonds is 5. The number of hydrogen-bond donors (Lipinski definition) is 0. The molecule has 128 valence electrons. The minimum absolute atomic E-state index is 0.264. The molecular weight excluding hydrogens is 319 g/mol. The summed E-state index contributed by atoms with van der Waals surface area (Å²) in [5.74, 6) is 0.779. The molecule has 0 spiro atoms. The van der Waals surface area contributed by atoms with Crippen LogP contribution in [0.1, 0.15) is 12.8 Å². The fourth-order valence-electron chi connectivity index (χ4n) is 3.49. The highest BCUT2D eigenvalue weighted by Gasteiger charge is 2.37. The Balaban J connectivity index is 1.56. The number of benzene rings is 1. The van der Waals surface area contributed by atoms with Gasteiger partial charge in [0.05, 0.1) is 6.26 Å². The maximum absolute atomic E-state index is 12.9. The molecule has 0 unspecified atom stereocenters. The Morgan fingerprint density at radius 2 is 1.91 bits per heavy atom. The highest BCUT2D eigenvalue weighted by molar-refractivity contribution is 7.88. The third kappa shape index (κ3) is 4.22. The summed E-state index contributed by atoms with van der Waals surface area (Å²) in [7, 11) is -3.13. The second-order valence-electron chi connectivity index (χ2n) is 6.47. The Labute approximate surface area is 137 Å².